The summed E-state index contributed by atoms with van der Waals surface area (Å²) in [7, 11) is 0. The van der Waals surface area contributed by atoms with E-state index in [9.17, 15) is 4.79 Å². The van der Waals surface area contributed by atoms with E-state index in [4.69, 9.17) is 0 Å². The Bertz CT molecular complexity index is 633. The van der Waals surface area contributed by atoms with E-state index in [2.05, 4.69) is 20.9 Å². The van der Waals surface area contributed by atoms with Gasteiger partial charge in [-0.05, 0) is 50.2 Å². The molecule has 4 aliphatic rings. The minimum atomic E-state index is -0.0156. The highest BCUT2D eigenvalue weighted by atomic mass is 16.2. The van der Waals surface area contributed by atoms with Crippen LogP contribution in [0, 0.1) is 0 Å². The second-order valence-corrected chi connectivity index (χ2v) is 5.58. The van der Waals surface area contributed by atoms with Crippen molar-refractivity contribution >= 4 is 5.91 Å². The number of piperidine rings is 1. The minimum Gasteiger partial charge on any atom is -0.348 e. The van der Waals surface area contributed by atoms with E-state index in [0.29, 0.717) is 5.70 Å². The molecule has 21 heavy (non-hydrogen) atoms. The quantitative estimate of drug-likeness (QED) is 0.702. The van der Waals surface area contributed by atoms with E-state index in [0.717, 1.165) is 43.1 Å². The lowest BCUT2D eigenvalue weighted by Gasteiger charge is -2.26. The molecule has 1 fully saturated rings. The lowest BCUT2D eigenvalue weighted by Crippen LogP contribution is -2.44. The molecule has 0 bridgehead atoms. The Hall–Kier alpha value is -2.27. The SMILES string of the molecule is O=C(NC1CCNCC1)C1=C2C=CC=C3C=CC=C(N1)N32. The first kappa shape index (κ1) is 12.5. The van der Waals surface area contributed by atoms with Crippen LogP contribution in [-0.4, -0.2) is 29.9 Å². The van der Waals surface area contributed by atoms with E-state index >= 15 is 0 Å². The summed E-state index contributed by atoms with van der Waals surface area (Å²) in [6, 6.07) is 0.265. The van der Waals surface area contributed by atoms with Crippen LogP contribution >= 0.6 is 0 Å². The molecule has 0 aromatic rings. The van der Waals surface area contributed by atoms with Crippen molar-refractivity contribution < 1.29 is 4.79 Å². The average molecular weight is 282 g/mol. The van der Waals surface area contributed by atoms with Crippen LogP contribution in [0.2, 0.25) is 0 Å². The number of nitrogens with one attached hydrogen (secondary N) is 3. The van der Waals surface area contributed by atoms with Crippen LogP contribution in [0.3, 0.4) is 0 Å². The maximum absolute atomic E-state index is 12.6. The van der Waals surface area contributed by atoms with E-state index in [1.54, 1.807) is 0 Å². The third kappa shape index (κ3) is 2.10. The number of hydrogen-bond acceptors (Lipinski definition) is 4. The van der Waals surface area contributed by atoms with Crippen LogP contribution in [0.25, 0.3) is 0 Å². The Balaban J connectivity index is 1.58. The van der Waals surface area contributed by atoms with Crippen LogP contribution in [0.15, 0.2) is 59.4 Å². The fraction of sp³-hybridized carbons (Fsp3) is 0.312. The summed E-state index contributed by atoms with van der Waals surface area (Å²) in [6.07, 6.45) is 14.0. The molecule has 0 aromatic heterocycles. The second-order valence-electron chi connectivity index (χ2n) is 5.58. The molecular formula is C16H18N4O. The third-order valence-corrected chi connectivity index (χ3v) is 4.19. The summed E-state index contributed by atoms with van der Waals surface area (Å²) in [6.45, 7) is 1.94. The number of carbonyl (C=O) groups is 1. The summed E-state index contributed by atoms with van der Waals surface area (Å²) in [5, 5.41) is 9.71. The Kier molecular flexibility index (Phi) is 2.93. The van der Waals surface area contributed by atoms with Crippen molar-refractivity contribution in [1.29, 1.82) is 0 Å². The molecule has 5 nitrogen and oxygen atoms in total. The number of hydrogen-bond donors (Lipinski definition) is 3. The van der Waals surface area contributed by atoms with E-state index in [-0.39, 0.29) is 11.9 Å². The molecule has 0 aromatic carbocycles. The highest BCUT2D eigenvalue weighted by Gasteiger charge is 2.33. The van der Waals surface area contributed by atoms with Crippen LogP contribution in [0.4, 0.5) is 0 Å². The molecule has 4 aliphatic heterocycles. The second kappa shape index (κ2) is 4.93. The molecule has 0 saturated carbocycles. The molecule has 0 atom stereocenters. The predicted octanol–water partition coefficient (Wildman–Crippen LogP) is 0.836. The van der Waals surface area contributed by atoms with Crippen molar-refractivity contribution in [1.82, 2.24) is 20.9 Å². The van der Waals surface area contributed by atoms with Gasteiger partial charge in [0.05, 0.1) is 5.70 Å². The van der Waals surface area contributed by atoms with Gasteiger partial charge in [-0.15, -0.1) is 0 Å². The fourth-order valence-electron chi connectivity index (χ4n) is 3.12. The Labute approximate surface area is 123 Å². The molecule has 3 N–H and O–H groups in total. The molecule has 108 valence electrons. The van der Waals surface area contributed by atoms with Gasteiger partial charge in [0, 0.05) is 11.7 Å². The molecule has 1 saturated heterocycles. The largest absolute Gasteiger partial charge is 0.348 e. The Morgan fingerprint density at radius 3 is 2.86 bits per heavy atom. The third-order valence-electron chi connectivity index (χ3n) is 4.19. The molecule has 4 heterocycles. The zero-order valence-corrected chi connectivity index (χ0v) is 11.7. The van der Waals surface area contributed by atoms with Gasteiger partial charge in [-0.3, -0.25) is 9.69 Å². The lowest BCUT2D eigenvalue weighted by atomic mass is 10.1. The van der Waals surface area contributed by atoms with Gasteiger partial charge < -0.3 is 16.0 Å². The molecule has 0 radical (unpaired) electrons. The van der Waals surface area contributed by atoms with Crippen LogP contribution < -0.4 is 16.0 Å². The smallest absolute Gasteiger partial charge is 0.270 e. The molecule has 0 unspecified atom stereocenters. The molecular weight excluding hydrogens is 264 g/mol. The van der Waals surface area contributed by atoms with Gasteiger partial charge in [-0.25, -0.2) is 0 Å². The predicted molar refractivity (Wildman–Crippen MR) is 80.5 cm³/mol. The summed E-state index contributed by atoms with van der Waals surface area (Å²) < 4.78 is 0. The maximum atomic E-state index is 12.6. The number of amides is 1. The lowest BCUT2D eigenvalue weighted by molar-refractivity contribution is -0.118. The van der Waals surface area contributed by atoms with Crippen molar-refractivity contribution in [3.05, 3.63) is 59.4 Å². The van der Waals surface area contributed by atoms with Gasteiger partial charge >= 0.3 is 0 Å². The van der Waals surface area contributed by atoms with Crippen molar-refractivity contribution in [2.45, 2.75) is 18.9 Å². The summed E-state index contributed by atoms with van der Waals surface area (Å²) in [4.78, 5) is 14.7. The zero-order valence-electron chi connectivity index (χ0n) is 11.7. The highest BCUT2D eigenvalue weighted by molar-refractivity contribution is 5.95. The maximum Gasteiger partial charge on any atom is 0.270 e. The zero-order chi connectivity index (χ0) is 14.2. The van der Waals surface area contributed by atoms with Gasteiger partial charge in [0.1, 0.15) is 11.5 Å². The Morgan fingerprint density at radius 2 is 2.00 bits per heavy atom. The summed E-state index contributed by atoms with van der Waals surface area (Å²) >= 11 is 0. The number of allylic oxidation sites excluding steroid dienone is 6. The standard InChI is InChI=1S/C16H18N4O/c21-16(18-11-7-9-17-10-8-11)15-13-5-1-3-12-4-2-6-14(19-15)20(12)13/h1-6,11,17,19H,7-10H2,(H,18,21). The Morgan fingerprint density at radius 1 is 1.19 bits per heavy atom. The number of carbonyl (C=O) groups excluding carboxylic acids is 1. The minimum absolute atomic E-state index is 0.0156. The fourth-order valence-corrected chi connectivity index (χ4v) is 3.12. The average Bonchev–Trinajstić information content (AvgIpc) is 2.90. The van der Waals surface area contributed by atoms with Gasteiger partial charge in [-0.1, -0.05) is 12.2 Å². The van der Waals surface area contributed by atoms with E-state index in [1.165, 1.54) is 0 Å². The summed E-state index contributed by atoms with van der Waals surface area (Å²) in [5.74, 6) is 0.927. The van der Waals surface area contributed by atoms with Gasteiger partial charge in [0.2, 0.25) is 0 Å². The van der Waals surface area contributed by atoms with Crippen molar-refractivity contribution in [3.63, 3.8) is 0 Å². The van der Waals surface area contributed by atoms with Crippen LogP contribution in [0.5, 0.6) is 0 Å². The van der Waals surface area contributed by atoms with Crippen molar-refractivity contribution in [3.8, 4) is 0 Å². The number of nitrogens with zero attached hydrogens (tertiary/aromatic N) is 1. The first-order valence-electron chi connectivity index (χ1n) is 7.43. The normalized spacial score (nSPS) is 23.5. The van der Waals surface area contributed by atoms with Crippen LogP contribution in [0.1, 0.15) is 12.8 Å². The molecule has 0 spiro atoms. The monoisotopic (exact) mass is 282 g/mol. The number of rotatable bonds is 2. The molecule has 5 heteroatoms. The van der Waals surface area contributed by atoms with Gasteiger partial charge in [-0.2, -0.15) is 0 Å². The molecule has 0 aliphatic carbocycles. The summed E-state index contributed by atoms with van der Waals surface area (Å²) in [5.41, 5.74) is 2.65. The molecule has 4 rings (SSSR count). The van der Waals surface area contributed by atoms with Gasteiger partial charge in [0.25, 0.3) is 5.91 Å². The van der Waals surface area contributed by atoms with Crippen LogP contribution in [-0.2, 0) is 4.79 Å². The van der Waals surface area contributed by atoms with E-state index < -0.39 is 0 Å². The van der Waals surface area contributed by atoms with Gasteiger partial charge in [0.15, 0.2) is 0 Å². The van der Waals surface area contributed by atoms with Crippen molar-refractivity contribution in [2.75, 3.05) is 13.1 Å². The highest BCUT2D eigenvalue weighted by Crippen LogP contribution is 2.34. The van der Waals surface area contributed by atoms with Crippen molar-refractivity contribution in [2.24, 2.45) is 0 Å². The first-order chi connectivity index (χ1) is 10.3. The van der Waals surface area contributed by atoms with E-state index in [1.807, 2.05) is 36.5 Å². The topological polar surface area (TPSA) is 56.4 Å². The first-order valence-corrected chi connectivity index (χ1v) is 7.43. The molecule has 1 amide bonds.